The summed E-state index contributed by atoms with van der Waals surface area (Å²) in [7, 11) is 0. The summed E-state index contributed by atoms with van der Waals surface area (Å²) >= 11 is 0. The van der Waals surface area contributed by atoms with E-state index in [0.717, 1.165) is 0 Å². The fourth-order valence-corrected chi connectivity index (χ4v) is 6.01. The second-order valence-corrected chi connectivity index (χ2v) is 11.9. The van der Waals surface area contributed by atoms with Gasteiger partial charge in [0.05, 0.1) is 0 Å². The van der Waals surface area contributed by atoms with E-state index in [9.17, 15) is 0 Å². The zero-order chi connectivity index (χ0) is 28.7. The molecule has 7 aromatic rings. The molecule has 0 N–H and O–H groups in total. The number of fused-ring (bicyclic) bond motifs is 2. The summed E-state index contributed by atoms with van der Waals surface area (Å²) in [4.78, 5) is 8.36. The average Bonchev–Trinajstić information content (AvgIpc) is 3.04. The van der Waals surface area contributed by atoms with Gasteiger partial charge in [-0.15, -0.1) is 0 Å². The highest BCUT2D eigenvalue weighted by Crippen LogP contribution is 2.45. The van der Waals surface area contributed by atoms with Gasteiger partial charge in [0.15, 0.2) is 0 Å². The Morgan fingerprint density at radius 2 is 0.762 bits per heavy atom. The van der Waals surface area contributed by atoms with Crippen LogP contribution in [0.25, 0.3) is 66.1 Å². The zero-order valence-electron chi connectivity index (χ0n) is 24.2. The number of rotatable bonds is 4. The van der Waals surface area contributed by atoms with Crippen molar-refractivity contribution in [2.75, 3.05) is 0 Å². The van der Waals surface area contributed by atoms with E-state index in [0.29, 0.717) is 0 Å². The molecule has 202 valence electrons. The molecule has 0 spiro atoms. The van der Waals surface area contributed by atoms with E-state index in [1.807, 2.05) is 24.8 Å². The van der Waals surface area contributed by atoms with Crippen LogP contribution < -0.4 is 0 Å². The molecule has 0 amide bonds. The summed E-state index contributed by atoms with van der Waals surface area (Å²) in [5.74, 6) is 0. The van der Waals surface area contributed by atoms with Crippen LogP contribution in [-0.2, 0) is 5.41 Å². The molecule has 0 aliphatic carbocycles. The molecule has 0 saturated carbocycles. The normalized spacial score (nSPS) is 11.7. The first-order valence-electron chi connectivity index (χ1n) is 14.5. The van der Waals surface area contributed by atoms with Crippen molar-refractivity contribution in [3.63, 3.8) is 0 Å². The lowest BCUT2D eigenvalue weighted by molar-refractivity contribution is 0.591. The predicted octanol–water partition coefficient (Wildman–Crippen LogP) is 10.7. The summed E-state index contributed by atoms with van der Waals surface area (Å²) in [5.41, 5.74) is 11.1. The van der Waals surface area contributed by atoms with Crippen molar-refractivity contribution in [2.45, 2.75) is 26.2 Å². The number of aromatic nitrogens is 2. The molecular weight excluding hydrogens is 508 g/mol. The van der Waals surface area contributed by atoms with Gasteiger partial charge in [0.1, 0.15) is 0 Å². The first kappa shape index (κ1) is 25.9. The Morgan fingerprint density at radius 1 is 0.381 bits per heavy atom. The molecule has 2 heterocycles. The minimum atomic E-state index is 0.0364. The second kappa shape index (κ2) is 10.4. The van der Waals surface area contributed by atoms with E-state index in [1.165, 1.54) is 71.6 Å². The predicted molar refractivity (Wildman–Crippen MR) is 177 cm³/mol. The minimum Gasteiger partial charge on any atom is -0.265 e. The Bertz CT molecular complexity index is 2020. The Kier molecular flexibility index (Phi) is 6.40. The summed E-state index contributed by atoms with van der Waals surface area (Å²) in [6.45, 7) is 6.87. The van der Waals surface area contributed by atoms with E-state index >= 15 is 0 Å². The molecule has 5 aromatic carbocycles. The molecule has 2 aromatic heterocycles. The molecule has 2 heteroatoms. The van der Waals surface area contributed by atoms with Crippen LogP contribution in [0.2, 0.25) is 0 Å². The minimum absolute atomic E-state index is 0.0364. The van der Waals surface area contributed by atoms with Gasteiger partial charge in [0, 0.05) is 24.8 Å². The van der Waals surface area contributed by atoms with Gasteiger partial charge in [-0.3, -0.25) is 9.97 Å². The van der Waals surface area contributed by atoms with E-state index in [-0.39, 0.29) is 5.41 Å². The number of hydrogen-bond acceptors (Lipinski definition) is 2. The van der Waals surface area contributed by atoms with Gasteiger partial charge in [0.2, 0.25) is 0 Å². The summed E-state index contributed by atoms with van der Waals surface area (Å²) < 4.78 is 0. The molecular formula is C40H32N2. The van der Waals surface area contributed by atoms with Crippen LogP contribution in [0.5, 0.6) is 0 Å². The van der Waals surface area contributed by atoms with Crippen molar-refractivity contribution >= 4 is 21.5 Å². The van der Waals surface area contributed by atoms with Crippen LogP contribution in [0.4, 0.5) is 0 Å². The van der Waals surface area contributed by atoms with Gasteiger partial charge in [-0.1, -0.05) is 106 Å². The lowest BCUT2D eigenvalue weighted by Gasteiger charge is -2.23. The van der Waals surface area contributed by atoms with Crippen molar-refractivity contribution in [3.8, 4) is 44.5 Å². The summed E-state index contributed by atoms with van der Waals surface area (Å²) in [6, 6.07) is 42.1. The Hall–Kier alpha value is -5.08. The van der Waals surface area contributed by atoms with Crippen molar-refractivity contribution in [3.05, 3.63) is 146 Å². The average molecular weight is 541 g/mol. The summed E-state index contributed by atoms with van der Waals surface area (Å²) in [6.07, 6.45) is 7.39. The van der Waals surface area contributed by atoms with Gasteiger partial charge in [-0.25, -0.2) is 0 Å². The molecule has 0 aliphatic rings. The van der Waals surface area contributed by atoms with Gasteiger partial charge in [-0.05, 0) is 107 Å². The van der Waals surface area contributed by atoms with E-state index in [2.05, 4.69) is 146 Å². The van der Waals surface area contributed by atoms with Crippen molar-refractivity contribution < 1.29 is 0 Å². The van der Waals surface area contributed by atoms with Crippen LogP contribution in [-0.4, -0.2) is 9.97 Å². The maximum Gasteiger partial charge on any atom is 0.0273 e. The fourth-order valence-electron chi connectivity index (χ4n) is 6.01. The first-order chi connectivity index (χ1) is 20.5. The number of pyridine rings is 2. The highest BCUT2D eigenvalue weighted by Gasteiger charge is 2.20. The highest BCUT2D eigenvalue weighted by molar-refractivity contribution is 6.21. The SMILES string of the molecule is CC(C)(C)c1ccc2c(-c3ccc(-c4ccncc4)cc3)c3ccccc3c(-c3ccc(-c4ccncc4)cc3)c2c1. The molecule has 0 aliphatic heterocycles. The fraction of sp³-hybridized carbons (Fsp3) is 0.100. The molecule has 0 fully saturated rings. The number of benzene rings is 5. The maximum atomic E-state index is 4.18. The maximum absolute atomic E-state index is 4.18. The third kappa shape index (κ3) is 4.65. The van der Waals surface area contributed by atoms with Crippen molar-refractivity contribution in [1.82, 2.24) is 9.97 Å². The third-order valence-corrected chi connectivity index (χ3v) is 8.26. The van der Waals surface area contributed by atoms with Crippen molar-refractivity contribution in [1.29, 1.82) is 0 Å². The monoisotopic (exact) mass is 540 g/mol. The van der Waals surface area contributed by atoms with Gasteiger partial charge >= 0.3 is 0 Å². The molecule has 7 rings (SSSR count). The standard InChI is InChI=1S/C40H32N2/c1-40(2,3)33-16-17-36-37(26-33)39(32-14-10-28(11-15-32)30-20-24-42-25-21-30)35-7-5-4-6-34(35)38(36)31-12-8-27(9-13-31)29-18-22-41-23-19-29/h4-26H,1-3H3. The van der Waals surface area contributed by atoms with E-state index in [1.54, 1.807) is 0 Å². The van der Waals surface area contributed by atoms with Crippen LogP contribution in [0.1, 0.15) is 26.3 Å². The quantitative estimate of drug-likeness (QED) is 0.208. The Balaban J connectivity index is 1.48. The highest BCUT2D eigenvalue weighted by atomic mass is 14.6. The molecule has 0 atom stereocenters. The topological polar surface area (TPSA) is 25.8 Å². The molecule has 0 radical (unpaired) electrons. The molecule has 0 unspecified atom stereocenters. The Morgan fingerprint density at radius 3 is 1.21 bits per heavy atom. The molecule has 42 heavy (non-hydrogen) atoms. The zero-order valence-corrected chi connectivity index (χ0v) is 24.2. The first-order valence-corrected chi connectivity index (χ1v) is 14.5. The van der Waals surface area contributed by atoms with E-state index < -0.39 is 0 Å². The van der Waals surface area contributed by atoms with Gasteiger partial charge in [0.25, 0.3) is 0 Å². The Labute approximate surface area is 247 Å². The number of hydrogen-bond donors (Lipinski definition) is 0. The summed E-state index contributed by atoms with van der Waals surface area (Å²) in [5, 5.41) is 5.08. The van der Waals surface area contributed by atoms with Crippen LogP contribution in [0.15, 0.2) is 140 Å². The largest absolute Gasteiger partial charge is 0.265 e. The molecule has 2 nitrogen and oxygen atoms in total. The van der Waals surface area contributed by atoms with Crippen LogP contribution >= 0.6 is 0 Å². The van der Waals surface area contributed by atoms with E-state index in [4.69, 9.17) is 0 Å². The van der Waals surface area contributed by atoms with Crippen LogP contribution in [0.3, 0.4) is 0 Å². The van der Waals surface area contributed by atoms with Crippen molar-refractivity contribution in [2.24, 2.45) is 0 Å². The molecule has 0 bridgehead atoms. The molecule has 0 saturated heterocycles. The lowest BCUT2D eigenvalue weighted by atomic mass is 9.81. The van der Waals surface area contributed by atoms with Gasteiger partial charge in [-0.2, -0.15) is 0 Å². The lowest BCUT2D eigenvalue weighted by Crippen LogP contribution is -2.10. The smallest absolute Gasteiger partial charge is 0.0273 e. The van der Waals surface area contributed by atoms with Crippen LogP contribution in [0, 0.1) is 0 Å². The number of nitrogens with zero attached hydrogens (tertiary/aromatic N) is 2. The third-order valence-electron chi connectivity index (χ3n) is 8.26. The van der Waals surface area contributed by atoms with Gasteiger partial charge < -0.3 is 0 Å². The second-order valence-electron chi connectivity index (χ2n) is 11.9.